The Hall–Kier alpha value is -1.98. The number of hydrogen-bond donors (Lipinski definition) is 3. The van der Waals surface area contributed by atoms with E-state index in [1.165, 1.54) is 12.1 Å². The maximum atomic E-state index is 11.4. The lowest BCUT2D eigenvalue weighted by Gasteiger charge is -2.19. The van der Waals surface area contributed by atoms with E-state index < -0.39 is 11.7 Å². The van der Waals surface area contributed by atoms with Crippen molar-refractivity contribution in [1.82, 2.24) is 4.98 Å². The molecule has 6 heteroatoms. The Kier molecular flexibility index (Phi) is 3.22. The number of aromatic nitrogens is 1. The molecule has 6 nitrogen and oxygen atoms in total. The summed E-state index contributed by atoms with van der Waals surface area (Å²) < 4.78 is 5.07. The van der Waals surface area contributed by atoms with Crippen LogP contribution in [0.15, 0.2) is 12.1 Å². The highest BCUT2D eigenvalue weighted by Gasteiger charge is 2.16. The Labute approximate surface area is 94.0 Å². The minimum Gasteiger partial charge on any atom is -0.444 e. The molecule has 0 atom stereocenters. The molecule has 1 rings (SSSR count). The summed E-state index contributed by atoms with van der Waals surface area (Å²) in [6.07, 6.45) is -0.558. The monoisotopic (exact) mass is 224 g/mol. The van der Waals surface area contributed by atoms with Crippen molar-refractivity contribution in [2.45, 2.75) is 26.4 Å². The Balaban J connectivity index is 2.70. The topological polar surface area (TPSA) is 103 Å². The van der Waals surface area contributed by atoms with Crippen molar-refractivity contribution in [3.63, 3.8) is 0 Å². The third-order valence-corrected chi connectivity index (χ3v) is 1.51. The number of nitrogens with two attached hydrogens (primary N) is 2. The van der Waals surface area contributed by atoms with E-state index in [4.69, 9.17) is 16.2 Å². The average molecular weight is 224 g/mol. The average Bonchev–Trinajstić information content (AvgIpc) is 1.96. The van der Waals surface area contributed by atoms with Crippen LogP contribution in [0.25, 0.3) is 0 Å². The van der Waals surface area contributed by atoms with Gasteiger partial charge >= 0.3 is 6.09 Å². The summed E-state index contributed by atoms with van der Waals surface area (Å²) in [5.41, 5.74) is 10.9. The van der Waals surface area contributed by atoms with Crippen LogP contribution in [-0.2, 0) is 4.74 Å². The molecule has 16 heavy (non-hydrogen) atoms. The second-order valence-corrected chi connectivity index (χ2v) is 4.33. The first-order valence-electron chi connectivity index (χ1n) is 4.79. The minimum absolute atomic E-state index is 0.242. The molecule has 0 aromatic carbocycles. The molecule has 0 aliphatic heterocycles. The number of nitrogens with zero attached hydrogens (tertiary/aromatic N) is 1. The van der Waals surface area contributed by atoms with Crippen LogP contribution < -0.4 is 16.8 Å². The molecule has 1 amide bonds. The number of carbonyl (C=O) groups is 1. The number of anilines is 3. The molecule has 1 heterocycles. The molecule has 0 aliphatic rings. The highest BCUT2D eigenvalue weighted by atomic mass is 16.6. The second kappa shape index (κ2) is 4.26. The van der Waals surface area contributed by atoms with E-state index in [-0.39, 0.29) is 11.6 Å². The van der Waals surface area contributed by atoms with Gasteiger partial charge in [-0.2, -0.15) is 0 Å². The SMILES string of the molecule is CC(C)(C)OC(=O)Nc1cc(N)nc(N)c1. The molecule has 0 saturated heterocycles. The van der Waals surface area contributed by atoms with E-state index in [1.54, 1.807) is 20.8 Å². The van der Waals surface area contributed by atoms with Gasteiger partial charge in [0.25, 0.3) is 0 Å². The Morgan fingerprint density at radius 1 is 1.31 bits per heavy atom. The third-order valence-electron chi connectivity index (χ3n) is 1.51. The van der Waals surface area contributed by atoms with E-state index in [0.29, 0.717) is 5.69 Å². The first kappa shape index (κ1) is 12.1. The summed E-state index contributed by atoms with van der Waals surface area (Å²) in [4.78, 5) is 15.2. The number of nitrogen functional groups attached to an aromatic ring is 2. The molecular formula is C10H16N4O2. The molecular weight excluding hydrogens is 208 g/mol. The number of carbonyl (C=O) groups excluding carboxylic acids is 1. The number of nitrogens with one attached hydrogen (secondary N) is 1. The van der Waals surface area contributed by atoms with Crippen molar-refractivity contribution in [2.75, 3.05) is 16.8 Å². The summed E-state index contributed by atoms with van der Waals surface area (Å²) in [5.74, 6) is 0.483. The molecule has 5 N–H and O–H groups in total. The molecule has 88 valence electrons. The molecule has 0 radical (unpaired) electrons. The van der Waals surface area contributed by atoms with Gasteiger partial charge in [-0.15, -0.1) is 0 Å². The van der Waals surface area contributed by atoms with Crippen LogP contribution in [0, 0.1) is 0 Å². The maximum Gasteiger partial charge on any atom is 0.412 e. The molecule has 0 aliphatic carbocycles. The van der Waals surface area contributed by atoms with Crippen LogP contribution in [0.2, 0.25) is 0 Å². The van der Waals surface area contributed by atoms with Gasteiger partial charge in [0, 0.05) is 12.1 Å². The summed E-state index contributed by atoms with van der Waals surface area (Å²) in [6.45, 7) is 5.34. The molecule has 0 saturated carbocycles. The van der Waals surface area contributed by atoms with Crippen LogP contribution in [0.4, 0.5) is 22.1 Å². The van der Waals surface area contributed by atoms with Gasteiger partial charge in [0.2, 0.25) is 0 Å². The predicted octanol–water partition coefficient (Wildman–Crippen LogP) is 1.59. The van der Waals surface area contributed by atoms with Gasteiger partial charge < -0.3 is 16.2 Å². The van der Waals surface area contributed by atoms with E-state index in [1.807, 2.05) is 0 Å². The number of hydrogen-bond acceptors (Lipinski definition) is 5. The van der Waals surface area contributed by atoms with Gasteiger partial charge in [0.15, 0.2) is 0 Å². The van der Waals surface area contributed by atoms with Crippen LogP contribution >= 0.6 is 0 Å². The van der Waals surface area contributed by atoms with Gasteiger partial charge in [0.1, 0.15) is 17.2 Å². The Morgan fingerprint density at radius 2 is 1.81 bits per heavy atom. The number of rotatable bonds is 1. The summed E-state index contributed by atoms with van der Waals surface area (Å²) in [5, 5.41) is 2.52. The summed E-state index contributed by atoms with van der Waals surface area (Å²) >= 11 is 0. The quantitative estimate of drug-likeness (QED) is 0.672. The summed E-state index contributed by atoms with van der Waals surface area (Å²) in [7, 11) is 0. The Bertz CT molecular complexity index is 378. The lowest BCUT2D eigenvalue weighted by molar-refractivity contribution is 0.0636. The van der Waals surface area contributed by atoms with Crippen LogP contribution in [0.3, 0.4) is 0 Å². The lowest BCUT2D eigenvalue weighted by atomic mass is 10.2. The molecule has 0 unspecified atom stereocenters. The van der Waals surface area contributed by atoms with Crippen LogP contribution in [-0.4, -0.2) is 16.7 Å². The summed E-state index contributed by atoms with van der Waals surface area (Å²) in [6, 6.07) is 3.00. The molecule has 0 spiro atoms. The van der Waals surface area contributed by atoms with E-state index in [9.17, 15) is 4.79 Å². The minimum atomic E-state index is -0.558. The van der Waals surface area contributed by atoms with Crippen molar-refractivity contribution >= 4 is 23.4 Å². The maximum absolute atomic E-state index is 11.4. The zero-order valence-corrected chi connectivity index (χ0v) is 9.57. The Morgan fingerprint density at radius 3 is 2.25 bits per heavy atom. The lowest BCUT2D eigenvalue weighted by Crippen LogP contribution is -2.27. The fraction of sp³-hybridized carbons (Fsp3) is 0.400. The molecule has 1 aromatic rings. The zero-order chi connectivity index (χ0) is 12.3. The van der Waals surface area contributed by atoms with E-state index in [2.05, 4.69) is 10.3 Å². The predicted molar refractivity (Wildman–Crippen MR) is 62.9 cm³/mol. The first-order chi connectivity index (χ1) is 7.26. The van der Waals surface area contributed by atoms with Gasteiger partial charge in [-0.3, -0.25) is 5.32 Å². The van der Waals surface area contributed by atoms with E-state index in [0.717, 1.165) is 0 Å². The van der Waals surface area contributed by atoms with Crippen molar-refractivity contribution < 1.29 is 9.53 Å². The number of pyridine rings is 1. The van der Waals surface area contributed by atoms with Gasteiger partial charge in [-0.25, -0.2) is 9.78 Å². The standard InChI is InChI=1S/C10H16N4O2/c1-10(2,3)16-9(15)13-6-4-7(11)14-8(12)5-6/h4-5H,1-3H3,(H5,11,12,13,14,15). The third kappa shape index (κ3) is 4.04. The van der Waals surface area contributed by atoms with Gasteiger partial charge in [-0.1, -0.05) is 0 Å². The highest BCUT2D eigenvalue weighted by Crippen LogP contribution is 2.16. The normalized spacial score (nSPS) is 10.9. The van der Waals surface area contributed by atoms with Gasteiger partial charge in [-0.05, 0) is 20.8 Å². The van der Waals surface area contributed by atoms with Crippen molar-refractivity contribution in [2.24, 2.45) is 0 Å². The van der Waals surface area contributed by atoms with Crippen molar-refractivity contribution in [3.8, 4) is 0 Å². The number of ether oxygens (including phenoxy) is 1. The molecule has 1 aromatic heterocycles. The molecule has 0 bridgehead atoms. The second-order valence-electron chi connectivity index (χ2n) is 4.33. The zero-order valence-electron chi connectivity index (χ0n) is 9.57. The fourth-order valence-corrected chi connectivity index (χ4v) is 1.07. The van der Waals surface area contributed by atoms with Crippen molar-refractivity contribution in [3.05, 3.63) is 12.1 Å². The highest BCUT2D eigenvalue weighted by molar-refractivity contribution is 5.85. The van der Waals surface area contributed by atoms with Crippen LogP contribution in [0.5, 0.6) is 0 Å². The molecule has 0 fully saturated rings. The van der Waals surface area contributed by atoms with Crippen LogP contribution in [0.1, 0.15) is 20.8 Å². The first-order valence-corrected chi connectivity index (χ1v) is 4.79. The fourth-order valence-electron chi connectivity index (χ4n) is 1.07. The van der Waals surface area contributed by atoms with Gasteiger partial charge in [0.05, 0.1) is 5.69 Å². The number of amides is 1. The smallest absolute Gasteiger partial charge is 0.412 e. The van der Waals surface area contributed by atoms with Crippen molar-refractivity contribution in [1.29, 1.82) is 0 Å². The van der Waals surface area contributed by atoms with E-state index >= 15 is 0 Å². The largest absolute Gasteiger partial charge is 0.444 e.